The molecule has 12 heteroatoms. The van der Waals surface area contributed by atoms with E-state index >= 15 is 0 Å². The van der Waals surface area contributed by atoms with Gasteiger partial charge in [0, 0.05) is 0 Å². The molecule has 0 radical (unpaired) electrons. The zero-order chi connectivity index (χ0) is 13.9. The molecular weight excluding hydrogens is 340 g/mol. The van der Waals surface area contributed by atoms with Crippen molar-refractivity contribution in [3.05, 3.63) is 17.9 Å². The molecule has 8 nitrogen and oxygen atoms in total. The minimum atomic E-state index is 0.0857. The fraction of sp³-hybridized carbons (Fsp3) is 0.125. The standard InChI is InChI=1S/C8H5ClN8S3/c1-18-7-15-16-8(20-7)19-6-13-4(9)12-5(14-6)17-3-10-2-11-17/h2-3H,1H3. The molecule has 0 amide bonds. The molecule has 0 aliphatic heterocycles. The molecule has 0 unspecified atom stereocenters. The van der Waals surface area contributed by atoms with E-state index in [1.807, 2.05) is 6.26 Å². The van der Waals surface area contributed by atoms with Crippen LogP contribution in [0.25, 0.3) is 5.95 Å². The van der Waals surface area contributed by atoms with Crippen molar-refractivity contribution in [1.29, 1.82) is 0 Å². The Morgan fingerprint density at radius 3 is 2.75 bits per heavy atom. The van der Waals surface area contributed by atoms with Crippen LogP contribution in [0.4, 0.5) is 0 Å². The number of nitrogens with zero attached hydrogens (tertiary/aromatic N) is 8. The average Bonchev–Trinajstić information content (AvgIpc) is 3.09. The van der Waals surface area contributed by atoms with Crippen LogP contribution in [0.15, 0.2) is 26.5 Å². The van der Waals surface area contributed by atoms with Crippen LogP contribution >= 0.6 is 46.5 Å². The lowest BCUT2D eigenvalue weighted by molar-refractivity contribution is 0.757. The Kier molecular flexibility index (Phi) is 4.10. The Morgan fingerprint density at radius 2 is 2.05 bits per heavy atom. The van der Waals surface area contributed by atoms with Crippen molar-refractivity contribution in [3.63, 3.8) is 0 Å². The summed E-state index contributed by atoms with van der Waals surface area (Å²) < 4.78 is 3.02. The van der Waals surface area contributed by atoms with Gasteiger partial charge in [0.05, 0.1) is 0 Å². The molecule has 0 aliphatic rings. The highest BCUT2D eigenvalue weighted by atomic mass is 35.5. The summed E-state index contributed by atoms with van der Waals surface area (Å²) in [6, 6.07) is 0. The first-order chi connectivity index (χ1) is 9.74. The van der Waals surface area contributed by atoms with E-state index in [1.165, 1.54) is 52.2 Å². The van der Waals surface area contributed by atoms with Gasteiger partial charge in [0.1, 0.15) is 12.7 Å². The van der Waals surface area contributed by atoms with E-state index in [0.29, 0.717) is 11.1 Å². The topological polar surface area (TPSA) is 95.2 Å². The van der Waals surface area contributed by atoms with Gasteiger partial charge in [0.15, 0.2) is 8.68 Å². The maximum Gasteiger partial charge on any atom is 0.257 e. The summed E-state index contributed by atoms with van der Waals surface area (Å²) in [6.45, 7) is 0. The first-order valence-electron chi connectivity index (χ1n) is 5.06. The molecule has 0 fully saturated rings. The van der Waals surface area contributed by atoms with Crippen LogP contribution in [0.3, 0.4) is 0 Å². The molecular formula is C8H5ClN8S3. The normalized spacial score (nSPS) is 10.9. The Balaban J connectivity index is 1.90. The molecule has 0 N–H and O–H groups in total. The molecule has 3 heterocycles. The third-order valence-electron chi connectivity index (χ3n) is 1.94. The van der Waals surface area contributed by atoms with Crippen molar-refractivity contribution in [1.82, 2.24) is 39.9 Å². The van der Waals surface area contributed by atoms with Gasteiger partial charge in [-0.2, -0.15) is 24.7 Å². The van der Waals surface area contributed by atoms with Gasteiger partial charge in [0.25, 0.3) is 5.95 Å². The maximum absolute atomic E-state index is 5.89. The Labute approximate surface area is 130 Å². The zero-order valence-corrected chi connectivity index (χ0v) is 13.0. The number of rotatable bonds is 4. The lowest BCUT2D eigenvalue weighted by Crippen LogP contribution is -2.04. The third kappa shape index (κ3) is 3.06. The number of hydrogen-bond acceptors (Lipinski definition) is 10. The second-order valence-electron chi connectivity index (χ2n) is 3.17. The van der Waals surface area contributed by atoms with E-state index < -0.39 is 0 Å². The van der Waals surface area contributed by atoms with E-state index in [4.69, 9.17) is 11.6 Å². The van der Waals surface area contributed by atoms with Crippen LogP contribution in [0.1, 0.15) is 0 Å². The van der Waals surface area contributed by atoms with Gasteiger partial charge < -0.3 is 0 Å². The van der Waals surface area contributed by atoms with Crippen LogP contribution in [0, 0.1) is 0 Å². The predicted octanol–water partition coefficient (Wildman–Crippen LogP) is 1.83. The summed E-state index contributed by atoms with van der Waals surface area (Å²) in [5.41, 5.74) is 0. The molecule has 3 rings (SSSR count). The van der Waals surface area contributed by atoms with E-state index in [-0.39, 0.29) is 5.28 Å². The zero-order valence-electron chi connectivity index (χ0n) is 9.84. The second kappa shape index (κ2) is 5.99. The van der Waals surface area contributed by atoms with Crippen molar-refractivity contribution in [2.75, 3.05) is 6.26 Å². The van der Waals surface area contributed by atoms with Crippen molar-refractivity contribution >= 4 is 46.5 Å². The SMILES string of the molecule is CSc1nnc(Sc2nc(Cl)nc(-n3cncn3)n2)s1. The molecule has 0 saturated carbocycles. The number of aromatic nitrogens is 8. The molecule has 102 valence electrons. The van der Waals surface area contributed by atoms with E-state index in [2.05, 4.69) is 35.2 Å². The highest BCUT2D eigenvalue weighted by molar-refractivity contribution is 8.02. The maximum atomic E-state index is 5.89. The van der Waals surface area contributed by atoms with Gasteiger partial charge in [-0.25, -0.2) is 4.98 Å². The number of hydrogen-bond donors (Lipinski definition) is 0. The van der Waals surface area contributed by atoms with Gasteiger partial charge in [-0.1, -0.05) is 23.1 Å². The average molecular weight is 345 g/mol. The number of halogens is 1. The molecule has 20 heavy (non-hydrogen) atoms. The Bertz CT molecular complexity index is 714. The summed E-state index contributed by atoms with van der Waals surface area (Å²) in [7, 11) is 0. The first-order valence-corrected chi connectivity index (χ1v) is 8.30. The Morgan fingerprint density at radius 1 is 1.20 bits per heavy atom. The first kappa shape index (κ1) is 13.7. The Hall–Kier alpha value is -1.30. The smallest absolute Gasteiger partial charge is 0.223 e. The van der Waals surface area contributed by atoms with E-state index in [9.17, 15) is 0 Å². The fourth-order valence-corrected chi connectivity index (χ4v) is 3.67. The van der Waals surface area contributed by atoms with Gasteiger partial charge in [0.2, 0.25) is 10.4 Å². The molecule has 0 aliphatic carbocycles. The van der Waals surface area contributed by atoms with Crippen LogP contribution in [0.2, 0.25) is 5.28 Å². The molecule has 3 aromatic heterocycles. The molecule has 0 atom stereocenters. The van der Waals surface area contributed by atoms with Gasteiger partial charge in [-0.3, -0.25) is 0 Å². The molecule has 3 aromatic rings. The number of thioether (sulfide) groups is 1. The minimum Gasteiger partial charge on any atom is -0.223 e. The van der Waals surface area contributed by atoms with Crippen molar-refractivity contribution in [2.24, 2.45) is 0 Å². The van der Waals surface area contributed by atoms with Crippen molar-refractivity contribution in [2.45, 2.75) is 13.8 Å². The highest BCUT2D eigenvalue weighted by Crippen LogP contribution is 2.31. The van der Waals surface area contributed by atoms with Gasteiger partial charge in [-0.15, -0.1) is 10.2 Å². The lowest BCUT2D eigenvalue weighted by atomic mass is 10.9. The van der Waals surface area contributed by atoms with Crippen molar-refractivity contribution < 1.29 is 0 Å². The second-order valence-corrected chi connectivity index (χ2v) is 6.75. The molecule has 0 aromatic carbocycles. The quantitative estimate of drug-likeness (QED) is 0.656. The van der Waals surface area contributed by atoms with Crippen LogP contribution in [-0.2, 0) is 0 Å². The van der Waals surface area contributed by atoms with Crippen LogP contribution in [-0.4, -0.2) is 46.2 Å². The summed E-state index contributed by atoms with van der Waals surface area (Å²) in [4.78, 5) is 16.1. The summed E-state index contributed by atoms with van der Waals surface area (Å²) in [5, 5.41) is 12.5. The summed E-state index contributed by atoms with van der Waals surface area (Å²) in [5.74, 6) is 0.305. The van der Waals surface area contributed by atoms with Gasteiger partial charge in [-0.05, 0) is 29.6 Å². The van der Waals surface area contributed by atoms with Gasteiger partial charge >= 0.3 is 0 Å². The third-order valence-corrected chi connectivity index (χ3v) is 4.92. The lowest BCUT2D eigenvalue weighted by Gasteiger charge is -2.01. The van der Waals surface area contributed by atoms with Crippen LogP contribution < -0.4 is 0 Å². The monoisotopic (exact) mass is 344 g/mol. The molecule has 0 spiro atoms. The molecule has 0 saturated heterocycles. The summed E-state index contributed by atoms with van der Waals surface area (Å²) in [6.07, 6.45) is 4.81. The predicted molar refractivity (Wildman–Crippen MR) is 75.6 cm³/mol. The van der Waals surface area contributed by atoms with Crippen molar-refractivity contribution in [3.8, 4) is 5.95 Å². The van der Waals surface area contributed by atoms with E-state index in [0.717, 1.165) is 8.68 Å². The van der Waals surface area contributed by atoms with Crippen LogP contribution in [0.5, 0.6) is 0 Å². The van der Waals surface area contributed by atoms with E-state index in [1.54, 1.807) is 0 Å². The fourth-order valence-electron chi connectivity index (χ4n) is 1.18. The summed E-state index contributed by atoms with van der Waals surface area (Å²) >= 11 is 10.2. The molecule has 0 bridgehead atoms. The minimum absolute atomic E-state index is 0.0857. The highest BCUT2D eigenvalue weighted by Gasteiger charge is 2.12. The largest absolute Gasteiger partial charge is 0.257 e.